The molecule has 0 aromatic carbocycles. The average Bonchev–Trinajstić information content (AvgIpc) is 0.722. The van der Waals surface area contributed by atoms with Gasteiger partial charge in [-0.3, -0.25) is 9.11 Å². The van der Waals surface area contributed by atoms with Crippen LogP contribution in [0.3, 0.4) is 0 Å². The molecule has 0 heterocycles. The smallest absolute Gasteiger partial charge is 0.369 e. The molecule has 43 valence electrons. The van der Waals surface area contributed by atoms with E-state index in [0.29, 0.717) is 0 Å². The summed E-state index contributed by atoms with van der Waals surface area (Å²) in [6.45, 7) is 0. The van der Waals surface area contributed by atoms with Gasteiger partial charge in [-0.2, -0.15) is 8.42 Å². The van der Waals surface area contributed by atoms with Crippen molar-refractivity contribution < 1.29 is 64.4 Å². The number of hydrogen-bond acceptors (Lipinski definition) is 2. The molecule has 0 saturated carbocycles. The number of rotatable bonds is 0. The van der Waals surface area contributed by atoms with E-state index in [1.807, 2.05) is 0 Å². The van der Waals surface area contributed by atoms with Crippen LogP contribution in [0, 0.1) is 0 Å². The minimum atomic E-state index is -4.67. The maximum atomic E-state index is 8.74. The topological polar surface area (TPSA) is 111 Å². The maximum absolute atomic E-state index is 8.74. The van der Waals surface area contributed by atoms with Crippen LogP contribution in [-0.2, 0) is 27.8 Å². The SMILES string of the molecule is O=S(=O)(O)O.[Cr+3].[NH4+].[Na+]. The van der Waals surface area contributed by atoms with Crippen molar-refractivity contribution in [1.29, 1.82) is 0 Å². The molecule has 0 saturated heterocycles. The fourth-order valence-electron chi connectivity index (χ4n) is 0. The molecule has 6 N–H and O–H groups in total. The van der Waals surface area contributed by atoms with Crippen LogP contribution < -0.4 is 35.7 Å². The van der Waals surface area contributed by atoms with Crippen LogP contribution in [0.5, 0.6) is 0 Å². The molecule has 0 aromatic heterocycles. The van der Waals surface area contributed by atoms with Gasteiger partial charge in [-0.25, -0.2) is 0 Å². The molecule has 0 aliphatic rings. The van der Waals surface area contributed by atoms with Gasteiger partial charge in [-0.05, 0) is 0 Å². The minimum absolute atomic E-state index is 0. The van der Waals surface area contributed by atoms with Crippen molar-refractivity contribution in [1.82, 2.24) is 6.15 Å². The summed E-state index contributed by atoms with van der Waals surface area (Å²) in [7, 11) is -4.67. The second kappa shape index (κ2) is 8.36. The Kier molecular flexibility index (Phi) is 23.8. The van der Waals surface area contributed by atoms with Gasteiger partial charge in [0.2, 0.25) is 0 Å². The third kappa shape index (κ3) is 161. The summed E-state index contributed by atoms with van der Waals surface area (Å²) in [4.78, 5) is 0. The van der Waals surface area contributed by atoms with Crippen LogP contribution in [0.2, 0.25) is 0 Å². The van der Waals surface area contributed by atoms with Gasteiger partial charge in [-0.15, -0.1) is 0 Å². The zero-order chi connectivity index (χ0) is 4.50. The Balaban J connectivity index is -0.0000000267. The molecule has 8 heteroatoms. The molecule has 0 atom stereocenters. The molecular weight excluding hydrogens is 185 g/mol. The van der Waals surface area contributed by atoms with E-state index >= 15 is 0 Å². The Bertz CT molecular complexity index is 99.2. The van der Waals surface area contributed by atoms with E-state index in [1.165, 1.54) is 0 Å². The van der Waals surface area contributed by atoms with Crippen molar-refractivity contribution in [3.63, 3.8) is 0 Å². The summed E-state index contributed by atoms with van der Waals surface area (Å²) in [6.07, 6.45) is 0. The monoisotopic (exact) mass is 191 g/mol. The van der Waals surface area contributed by atoms with Gasteiger partial charge in [0.15, 0.2) is 0 Å². The van der Waals surface area contributed by atoms with E-state index < -0.39 is 10.4 Å². The van der Waals surface area contributed by atoms with Crippen LogP contribution in [0.4, 0.5) is 0 Å². The molecule has 0 spiro atoms. The Hall–Kier alpha value is 1.36. The van der Waals surface area contributed by atoms with Crippen LogP contribution in [0.1, 0.15) is 0 Å². The fraction of sp³-hybridized carbons (Fsp3) is 0. The van der Waals surface area contributed by atoms with Crippen molar-refractivity contribution in [2.24, 2.45) is 0 Å². The van der Waals surface area contributed by atoms with Gasteiger partial charge in [0.1, 0.15) is 0 Å². The quantitative estimate of drug-likeness (QED) is 0.275. The zero-order valence-corrected chi connectivity index (χ0v) is 8.62. The first-order valence-electron chi connectivity index (χ1n) is 0.698. The third-order valence-electron chi connectivity index (χ3n) is 0. The van der Waals surface area contributed by atoms with Gasteiger partial charge in [0.25, 0.3) is 0 Å². The second-order valence-corrected chi connectivity index (χ2v) is 1.34. The first-order valence-corrected chi connectivity index (χ1v) is 2.10. The van der Waals surface area contributed by atoms with Crippen molar-refractivity contribution >= 4 is 10.4 Å². The molecule has 1 radical (unpaired) electrons. The average molecular weight is 191 g/mol. The second-order valence-electron chi connectivity index (χ2n) is 0.448. The Labute approximate surface area is 80.4 Å². The Morgan fingerprint density at radius 3 is 1.12 bits per heavy atom. The molecule has 0 unspecified atom stereocenters. The Morgan fingerprint density at radius 1 is 1.12 bits per heavy atom. The summed E-state index contributed by atoms with van der Waals surface area (Å²) < 4.78 is 31.6. The summed E-state index contributed by atoms with van der Waals surface area (Å²) >= 11 is 0. The molecule has 8 heavy (non-hydrogen) atoms. The number of quaternary nitrogens is 1. The van der Waals surface area contributed by atoms with E-state index in [4.69, 9.17) is 17.5 Å². The van der Waals surface area contributed by atoms with Crippen molar-refractivity contribution in [2.75, 3.05) is 0 Å². The van der Waals surface area contributed by atoms with Gasteiger partial charge in [0.05, 0.1) is 0 Å². The van der Waals surface area contributed by atoms with Crippen molar-refractivity contribution in [3.05, 3.63) is 0 Å². The van der Waals surface area contributed by atoms with E-state index in [0.717, 1.165) is 0 Å². The van der Waals surface area contributed by atoms with Gasteiger partial charge < -0.3 is 6.15 Å². The van der Waals surface area contributed by atoms with Gasteiger partial charge >= 0.3 is 57.3 Å². The minimum Gasteiger partial charge on any atom is -0.369 e. The summed E-state index contributed by atoms with van der Waals surface area (Å²) in [5, 5.41) is 0. The molecular formula is H6CrNNaO4S+5. The molecule has 0 rings (SSSR count). The zero-order valence-electron chi connectivity index (χ0n) is 4.53. The normalized spacial score (nSPS) is 7.25. The van der Waals surface area contributed by atoms with E-state index in [-0.39, 0.29) is 53.1 Å². The molecule has 0 fully saturated rings. The van der Waals surface area contributed by atoms with Gasteiger partial charge in [-0.1, -0.05) is 0 Å². The molecule has 0 aliphatic carbocycles. The third-order valence-corrected chi connectivity index (χ3v) is 0. The van der Waals surface area contributed by atoms with Crippen LogP contribution in [0.15, 0.2) is 0 Å². The molecule has 0 amide bonds. The Morgan fingerprint density at radius 2 is 1.12 bits per heavy atom. The maximum Gasteiger partial charge on any atom is 3.00 e. The van der Waals surface area contributed by atoms with E-state index in [9.17, 15) is 0 Å². The van der Waals surface area contributed by atoms with Crippen LogP contribution in [-0.4, -0.2) is 17.5 Å². The predicted octanol–water partition coefficient (Wildman–Crippen LogP) is -3.28. The first kappa shape index (κ1) is 22.8. The van der Waals surface area contributed by atoms with Gasteiger partial charge in [0, 0.05) is 0 Å². The van der Waals surface area contributed by atoms with E-state index in [1.54, 1.807) is 0 Å². The summed E-state index contributed by atoms with van der Waals surface area (Å²) in [5.41, 5.74) is 0. The number of hydrogen-bond donors (Lipinski definition) is 3. The fourth-order valence-corrected chi connectivity index (χ4v) is 0. The molecule has 5 nitrogen and oxygen atoms in total. The molecule has 0 aromatic rings. The molecule has 0 aliphatic heterocycles. The van der Waals surface area contributed by atoms with Crippen molar-refractivity contribution in [3.8, 4) is 0 Å². The largest absolute Gasteiger partial charge is 3.00 e. The molecule has 0 bridgehead atoms. The first-order chi connectivity index (χ1) is 2.00. The summed E-state index contributed by atoms with van der Waals surface area (Å²) in [5.74, 6) is 0. The predicted molar refractivity (Wildman–Crippen MR) is 20.2 cm³/mol. The van der Waals surface area contributed by atoms with Crippen LogP contribution in [0.25, 0.3) is 0 Å². The van der Waals surface area contributed by atoms with Crippen molar-refractivity contribution in [2.45, 2.75) is 0 Å². The van der Waals surface area contributed by atoms with E-state index in [2.05, 4.69) is 0 Å². The standard InChI is InChI=1S/Cr.H3N.Na.H2O4S/c;;;1-5(2,3)4/h;1H3;;(H2,1,2,3,4)/q+3;;+1;/p+1. The summed E-state index contributed by atoms with van der Waals surface area (Å²) in [6, 6.07) is 0. The van der Waals surface area contributed by atoms with Crippen LogP contribution >= 0.6 is 0 Å².